The Morgan fingerprint density at radius 3 is 2.50 bits per heavy atom. The van der Waals surface area contributed by atoms with Gasteiger partial charge in [-0.3, -0.25) is 0 Å². The van der Waals surface area contributed by atoms with E-state index in [9.17, 15) is 0 Å². The van der Waals surface area contributed by atoms with Gasteiger partial charge in [-0.25, -0.2) is 0 Å². The van der Waals surface area contributed by atoms with Gasteiger partial charge in [-0.2, -0.15) is 0 Å². The lowest BCUT2D eigenvalue weighted by atomic mass is 9.99. The number of unbranched alkanes of at least 4 members (excludes halogenated alkanes) is 2. The molecule has 20 heavy (non-hydrogen) atoms. The van der Waals surface area contributed by atoms with Crippen molar-refractivity contribution in [2.75, 3.05) is 19.8 Å². The summed E-state index contributed by atoms with van der Waals surface area (Å²) >= 11 is 6.43. The molecular formula is C16H24ClNO2. The van der Waals surface area contributed by atoms with Crippen LogP contribution in [0.2, 0.25) is 5.02 Å². The molecule has 3 nitrogen and oxygen atoms in total. The summed E-state index contributed by atoms with van der Waals surface area (Å²) < 4.78 is 11.2. The molecule has 112 valence electrons. The molecule has 0 spiro atoms. The maximum atomic E-state index is 6.43. The van der Waals surface area contributed by atoms with Crippen molar-refractivity contribution in [3.63, 3.8) is 0 Å². The third kappa shape index (κ3) is 3.80. The minimum atomic E-state index is 0.287. The van der Waals surface area contributed by atoms with Crippen molar-refractivity contribution in [3.05, 3.63) is 22.7 Å². The number of rotatable bonds is 7. The number of benzene rings is 1. The van der Waals surface area contributed by atoms with Gasteiger partial charge >= 0.3 is 0 Å². The normalized spacial score (nSPS) is 15.2. The summed E-state index contributed by atoms with van der Waals surface area (Å²) in [7, 11) is 0. The van der Waals surface area contributed by atoms with Crippen LogP contribution >= 0.6 is 11.6 Å². The van der Waals surface area contributed by atoms with Crippen LogP contribution < -0.4 is 14.8 Å². The second-order valence-corrected chi connectivity index (χ2v) is 5.53. The number of ether oxygens (including phenoxy) is 2. The molecule has 1 aliphatic rings. The number of hydrogen-bond acceptors (Lipinski definition) is 3. The summed E-state index contributed by atoms with van der Waals surface area (Å²) in [6, 6.07) is 4.21. The highest BCUT2D eigenvalue weighted by atomic mass is 35.5. The van der Waals surface area contributed by atoms with Crippen molar-refractivity contribution in [1.29, 1.82) is 0 Å². The Morgan fingerprint density at radius 2 is 1.85 bits per heavy atom. The monoisotopic (exact) mass is 297 g/mol. The molecule has 1 heterocycles. The fraction of sp³-hybridized carbons (Fsp3) is 0.625. The van der Waals surface area contributed by atoms with Gasteiger partial charge in [0, 0.05) is 17.1 Å². The van der Waals surface area contributed by atoms with E-state index in [2.05, 4.69) is 19.2 Å². The summed E-state index contributed by atoms with van der Waals surface area (Å²) in [4.78, 5) is 0. The molecule has 0 saturated heterocycles. The number of nitrogens with one attached hydrogen (secondary N) is 1. The molecule has 1 aliphatic heterocycles. The first-order chi connectivity index (χ1) is 9.76. The summed E-state index contributed by atoms with van der Waals surface area (Å²) in [5.41, 5.74) is 1.12. The average Bonchev–Trinajstić information content (AvgIpc) is 2.46. The maximum absolute atomic E-state index is 6.43. The van der Waals surface area contributed by atoms with E-state index in [0.717, 1.165) is 35.1 Å². The highest BCUT2D eigenvalue weighted by Crippen LogP contribution is 2.38. The van der Waals surface area contributed by atoms with E-state index in [0.29, 0.717) is 13.2 Å². The summed E-state index contributed by atoms with van der Waals surface area (Å²) in [6.07, 6.45) is 4.79. The lowest BCUT2D eigenvalue weighted by molar-refractivity contribution is 0.171. The van der Waals surface area contributed by atoms with E-state index in [1.807, 2.05) is 12.1 Å². The van der Waals surface area contributed by atoms with Crippen LogP contribution in [0.4, 0.5) is 0 Å². The van der Waals surface area contributed by atoms with Crippen LogP contribution in [0.5, 0.6) is 11.5 Å². The maximum Gasteiger partial charge on any atom is 0.162 e. The zero-order valence-electron chi connectivity index (χ0n) is 12.4. The molecule has 0 saturated carbocycles. The zero-order valence-corrected chi connectivity index (χ0v) is 13.1. The molecule has 1 N–H and O–H groups in total. The predicted molar refractivity (Wildman–Crippen MR) is 83.0 cm³/mol. The predicted octanol–water partition coefficient (Wildman–Crippen LogP) is 4.34. The van der Waals surface area contributed by atoms with Gasteiger partial charge in [0.25, 0.3) is 0 Å². The Labute approximate surface area is 126 Å². The van der Waals surface area contributed by atoms with Gasteiger partial charge in [0.1, 0.15) is 13.2 Å². The molecule has 0 aliphatic carbocycles. The largest absolute Gasteiger partial charge is 0.486 e. The van der Waals surface area contributed by atoms with Gasteiger partial charge in [0.05, 0.1) is 0 Å². The fourth-order valence-corrected chi connectivity index (χ4v) is 2.84. The van der Waals surface area contributed by atoms with Crippen molar-refractivity contribution in [3.8, 4) is 11.5 Å². The molecule has 0 fully saturated rings. The van der Waals surface area contributed by atoms with E-state index in [1.165, 1.54) is 19.3 Å². The molecule has 2 rings (SSSR count). The Balaban J connectivity index is 2.18. The molecule has 0 aromatic heterocycles. The van der Waals surface area contributed by atoms with Crippen LogP contribution in [0, 0.1) is 0 Å². The average molecular weight is 298 g/mol. The fourth-order valence-electron chi connectivity index (χ4n) is 2.56. The quantitative estimate of drug-likeness (QED) is 0.759. The van der Waals surface area contributed by atoms with Crippen LogP contribution in [0.1, 0.15) is 51.1 Å². The van der Waals surface area contributed by atoms with Crippen molar-refractivity contribution < 1.29 is 9.47 Å². The highest BCUT2D eigenvalue weighted by molar-refractivity contribution is 6.31. The molecule has 1 aromatic carbocycles. The summed E-state index contributed by atoms with van der Waals surface area (Å²) in [5.74, 6) is 1.57. The van der Waals surface area contributed by atoms with Gasteiger partial charge < -0.3 is 14.8 Å². The second kappa shape index (κ2) is 7.75. The SMILES string of the molecule is CCCCCC(NCC)c1cc2c(cc1Cl)OCCO2. The molecule has 1 unspecified atom stereocenters. The zero-order chi connectivity index (χ0) is 14.4. The topological polar surface area (TPSA) is 30.5 Å². The van der Waals surface area contributed by atoms with Gasteiger partial charge in [-0.05, 0) is 24.6 Å². The first kappa shape index (κ1) is 15.5. The van der Waals surface area contributed by atoms with E-state index in [1.54, 1.807) is 0 Å². The van der Waals surface area contributed by atoms with Crippen LogP contribution in [0.15, 0.2) is 12.1 Å². The van der Waals surface area contributed by atoms with Gasteiger partial charge in [0.15, 0.2) is 11.5 Å². The van der Waals surface area contributed by atoms with E-state index >= 15 is 0 Å². The standard InChI is InChI=1S/C16H24ClNO2/c1-3-5-6-7-14(18-4-2)12-10-15-16(11-13(12)17)20-9-8-19-15/h10-11,14,18H,3-9H2,1-2H3. The second-order valence-electron chi connectivity index (χ2n) is 5.12. The lowest BCUT2D eigenvalue weighted by Gasteiger charge is -2.24. The van der Waals surface area contributed by atoms with Gasteiger partial charge in [-0.15, -0.1) is 0 Å². The van der Waals surface area contributed by atoms with Crippen molar-refractivity contribution in [2.24, 2.45) is 0 Å². The molecule has 4 heteroatoms. The molecule has 0 bridgehead atoms. The third-order valence-corrected chi connectivity index (χ3v) is 3.91. The smallest absolute Gasteiger partial charge is 0.162 e. The Kier molecular flexibility index (Phi) is 5.99. The summed E-state index contributed by atoms with van der Waals surface area (Å²) in [5, 5.41) is 4.29. The van der Waals surface area contributed by atoms with Gasteiger partial charge in [-0.1, -0.05) is 44.7 Å². The van der Waals surface area contributed by atoms with Crippen LogP contribution in [0.3, 0.4) is 0 Å². The number of fused-ring (bicyclic) bond motifs is 1. The van der Waals surface area contributed by atoms with E-state index < -0.39 is 0 Å². The summed E-state index contributed by atoms with van der Waals surface area (Å²) in [6.45, 7) is 6.48. The molecular weight excluding hydrogens is 274 g/mol. The minimum Gasteiger partial charge on any atom is -0.486 e. The number of halogens is 1. The minimum absolute atomic E-state index is 0.287. The molecule has 1 atom stereocenters. The molecule has 0 radical (unpaired) electrons. The lowest BCUT2D eigenvalue weighted by Crippen LogP contribution is -2.22. The Hall–Kier alpha value is -0.930. The Morgan fingerprint density at radius 1 is 1.15 bits per heavy atom. The Bertz CT molecular complexity index is 437. The van der Waals surface area contributed by atoms with Crippen molar-refractivity contribution in [2.45, 2.75) is 45.6 Å². The van der Waals surface area contributed by atoms with E-state index in [-0.39, 0.29) is 6.04 Å². The molecule has 0 amide bonds. The third-order valence-electron chi connectivity index (χ3n) is 3.58. The van der Waals surface area contributed by atoms with Crippen molar-refractivity contribution >= 4 is 11.6 Å². The highest BCUT2D eigenvalue weighted by Gasteiger charge is 2.19. The molecule has 1 aromatic rings. The van der Waals surface area contributed by atoms with Crippen LogP contribution in [0.25, 0.3) is 0 Å². The first-order valence-corrected chi connectivity index (χ1v) is 7.96. The van der Waals surface area contributed by atoms with Crippen LogP contribution in [-0.2, 0) is 0 Å². The van der Waals surface area contributed by atoms with Crippen molar-refractivity contribution in [1.82, 2.24) is 5.32 Å². The number of hydrogen-bond donors (Lipinski definition) is 1. The first-order valence-electron chi connectivity index (χ1n) is 7.58. The van der Waals surface area contributed by atoms with E-state index in [4.69, 9.17) is 21.1 Å². The van der Waals surface area contributed by atoms with Gasteiger partial charge in [0.2, 0.25) is 0 Å². The van der Waals surface area contributed by atoms with Crippen LogP contribution in [-0.4, -0.2) is 19.8 Å².